The van der Waals surface area contributed by atoms with Gasteiger partial charge in [0.05, 0.1) is 36.8 Å². The molecule has 1 saturated carbocycles. The minimum absolute atomic E-state index is 0.320. The fraction of sp³-hybridized carbons (Fsp3) is 0.400. The van der Waals surface area contributed by atoms with E-state index in [4.69, 9.17) is 21.1 Å². The van der Waals surface area contributed by atoms with Gasteiger partial charge in [0.25, 0.3) is 5.91 Å². The third-order valence-electron chi connectivity index (χ3n) is 4.69. The van der Waals surface area contributed by atoms with Crippen LogP contribution >= 0.6 is 11.6 Å². The number of nitrogens with one attached hydrogen (secondary N) is 2. The van der Waals surface area contributed by atoms with Crippen LogP contribution in [0, 0.1) is 0 Å². The number of hydrogen-bond acceptors (Lipinski definition) is 5. The Kier molecular flexibility index (Phi) is 6.40. The molecule has 1 aromatic heterocycles. The van der Waals surface area contributed by atoms with Crippen LogP contribution in [0.2, 0.25) is 5.02 Å². The first kappa shape index (κ1) is 19.3. The first-order chi connectivity index (χ1) is 13.1. The molecule has 0 atom stereocenters. The van der Waals surface area contributed by atoms with E-state index >= 15 is 0 Å². The number of amides is 1. The average molecular weight is 390 g/mol. The van der Waals surface area contributed by atoms with Gasteiger partial charge >= 0.3 is 0 Å². The lowest BCUT2D eigenvalue weighted by atomic mass is 9.95. The molecule has 0 bridgehead atoms. The summed E-state index contributed by atoms with van der Waals surface area (Å²) in [7, 11) is 3.02. The van der Waals surface area contributed by atoms with Crippen LogP contribution in [0.4, 0.5) is 11.4 Å². The topological polar surface area (TPSA) is 72.5 Å². The number of nitrogens with zero attached hydrogens (tertiary/aromatic N) is 1. The van der Waals surface area contributed by atoms with Crippen molar-refractivity contribution in [3.63, 3.8) is 0 Å². The third kappa shape index (κ3) is 4.83. The Balaban J connectivity index is 1.69. The van der Waals surface area contributed by atoms with Gasteiger partial charge in [-0.15, -0.1) is 0 Å². The normalized spacial score (nSPS) is 14.5. The zero-order chi connectivity index (χ0) is 19.2. The molecule has 1 heterocycles. The lowest BCUT2D eigenvalue weighted by molar-refractivity contribution is 0.102. The van der Waals surface area contributed by atoms with E-state index in [2.05, 4.69) is 15.6 Å². The Hall–Kier alpha value is -2.47. The van der Waals surface area contributed by atoms with E-state index in [1.54, 1.807) is 24.4 Å². The summed E-state index contributed by atoms with van der Waals surface area (Å²) >= 11 is 6.09. The molecule has 27 heavy (non-hydrogen) atoms. The van der Waals surface area contributed by atoms with E-state index in [0.29, 0.717) is 33.9 Å². The Morgan fingerprint density at radius 3 is 2.48 bits per heavy atom. The van der Waals surface area contributed by atoms with Crippen LogP contribution in [0.5, 0.6) is 11.5 Å². The van der Waals surface area contributed by atoms with Crippen molar-refractivity contribution >= 4 is 28.9 Å². The van der Waals surface area contributed by atoms with Crippen molar-refractivity contribution in [2.45, 2.75) is 38.1 Å². The largest absolute Gasteiger partial charge is 0.495 e. The van der Waals surface area contributed by atoms with E-state index < -0.39 is 0 Å². The molecule has 6 nitrogen and oxygen atoms in total. The lowest BCUT2D eigenvalue weighted by Crippen LogP contribution is -2.22. The summed E-state index contributed by atoms with van der Waals surface area (Å²) in [5.41, 5.74) is 1.72. The molecule has 2 aromatic rings. The summed E-state index contributed by atoms with van der Waals surface area (Å²) in [4.78, 5) is 16.8. The fourth-order valence-electron chi connectivity index (χ4n) is 3.24. The Morgan fingerprint density at radius 1 is 1.11 bits per heavy atom. The molecule has 0 radical (unpaired) electrons. The number of halogens is 1. The molecule has 3 rings (SSSR count). The third-order valence-corrected chi connectivity index (χ3v) is 4.99. The SMILES string of the molecule is COc1cc(NC(=O)c2ccc(NC3CCCCC3)cn2)c(OC)cc1Cl. The highest BCUT2D eigenvalue weighted by molar-refractivity contribution is 6.32. The van der Waals surface area contributed by atoms with Gasteiger partial charge in [-0.2, -0.15) is 0 Å². The maximum atomic E-state index is 12.5. The van der Waals surface area contributed by atoms with Crippen molar-refractivity contribution < 1.29 is 14.3 Å². The minimum atomic E-state index is -0.332. The van der Waals surface area contributed by atoms with Gasteiger partial charge in [-0.3, -0.25) is 4.79 Å². The van der Waals surface area contributed by atoms with Crippen molar-refractivity contribution in [1.29, 1.82) is 0 Å². The van der Waals surface area contributed by atoms with Crippen LogP contribution in [-0.4, -0.2) is 31.2 Å². The number of ether oxygens (including phenoxy) is 2. The number of methoxy groups -OCH3 is 2. The number of rotatable bonds is 6. The van der Waals surface area contributed by atoms with Gasteiger partial charge in [-0.25, -0.2) is 4.98 Å². The maximum absolute atomic E-state index is 12.5. The molecule has 0 aliphatic heterocycles. The fourth-order valence-corrected chi connectivity index (χ4v) is 3.47. The van der Waals surface area contributed by atoms with Gasteiger partial charge < -0.3 is 20.1 Å². The quantitative estimate of drug-likeness (QED) is 0.745. The summed E-state index contributed by atoms with van der Waals surface area (Å²) < 4.78 is 10.5. The van der Waals surface area contributed by atoms with Crippen LogP contribution < -0.4 is 20.1 Å². The second-order valence-corrected chi connectivity index (χ2v) is 6.96. The summed E-state index contributed by atoms with van der Waals surface area (Å²) in [6, 6.07) is 7.31. The first-order valence-corrected chi connectivity index (χ1v) is 9.44. The minimum Gasteiger partial charge on any atom is -0.495 e. The molecule has 0 spiro atoms. The molecular formula is C20H24ClN3O3. The zero-order valence-electron chi connectivity index (χ0n) is 15.5. The van der Waals surface area contributed by atoms with Crippen LogP contribution in [0.25, 0.3) is 0 Å². The highest BCUT2D eigenvalue weighted by atomic mass is 35.5. The smallest absolute Gasteiger partial charge is 0.274 e. The van der Waals surface area contributed by atoms with E-state index in [-0.39, 0.29) is 5.91 Å². The average Bonchev–Trinajstić information content (AvgIpc) is 2.70. The van der Waals surface area contributed by atoms with Gasteiger partial charge in [0, 0.05) is 18.2 Å². The Bertz CT molecular complexity index is 790. The van der Waals surface area contributed by atoms with Crippen molar-refractivity contribution in [2.24, 2.45) is 0 Å². The van der Waals surface area contributed by atoms with Crippen LogP contribution in [0.15, 0.2) is 30.5 Å². The number of benzene rings is 1. The molecule has 0 unspecified atom stereocenters. The van der Waals surface area contributed by atoms with Gasteiger partial charge in [0.2, 0.25) is 0 Å². The van der Waals surface area contributed by atoms with E-state index in [9.17, 15) is 4.79 Å². The van der Waals surface area contributed by atoms with E-state index in [0.717, 1.165) is 5.69 Å². The highest BCUT2D eigenvalue weighted by Crippen LogP contribution is 2.36. The number of anilines is 2. The summed E-state index contributed by atoms with van der Waals surface area (Å²) in [5.74, 6) is 0.569. The number of pyridine rings is 1. The predicted octanol–water partition coefficient (Wildman–Crippen LogP) is 4.75. The number of aromatic nitrogens is 1. The van der Waals surface area contributed by atoms with Crippen molar-refractivity contribution in [1.82, 2.24) is 4.98 Å². The molecule has 1 aromatic carbocycles. The highest BCUT2D eigenvalue weighted by Gasteiger charge is 2.16. The van der Waals surface area contributed by atoms with Gasteiger partial charge in [0.15, 0.2) is 0 Å². The lowest BCUT2D eigenvalue weighted by Gasteiger charge is -2.23. The Labute approximate surface area is 164 Å². The second kappa shape index (κ2) is 8.95. The van der Waals surface area contributed by atoms with Gasteiger partial charge in [0.1, 0.15) is 17.2 Å². The van der Waals surface area contributed by atoms with Gasteiger partial charge in [-0.1, -0.05) is 30.9 Å². The second-order valence-electron chi connectivity index (χ2n) is 6.55. The molecule has 1 amide bonds. The molecule has 1 aliphatic carbocycles. The number of hydrogen-bond donors (Lipinski definition) is 2. The number of carbonyl (C=O) groups is 1. The van der Waals surface area contributed by atoms with Crippen LogP contribution in [-0.2, 0) is 0 Å². The molecule has 1 aliphatic rings. The van der Waals surface area contributed by atoms with E-state index in [1.165, 1.54) is 46.3 Å². The monoisotopic (exact) mass is 389 g/mol. The first-order valence-electron chi connectivity index (χ1n) is 9.06. The van der Waals surface area contributed by atoms with Crippen molar-refractivity contribution in [2.75, 3.05) is 24.9 Å². The van der Waals surface area contributed by atoms with Crippen molar-refractivity contribution in [3.8, 4) is 11.5 Å². The molecule has 144 valence electrons. The summed E-state index contributed by atoms with van der Waals surface area (Å²) in [6.45, 7) is 0. The number of carbonyl (C=O) groups excluding carboxylic acids is 1. The van der Waals surface area contributed by atoms with Crippen molar-refractivity contribution in [3.05, 3.63) is 41.2 Å². The molecule has 2 N–H and O–H groups in total. The predicted molar refractivity (Wildman–Crippen MR) is 107 cm³/mol. The van der Waals surface area contributed by atoms with Gasteiger partial charge in [-0.05, 0) is 25.0 Å². The van der Waals surface area contributed by atoms with Crippen LogP contribution in [0.3, 0.4) is 0 Å². The van der Waals surface area contributed by atoms with Crippen LogP contribution in [0.1, 0.15) is 42.6 Å². The molecule has 1 fully saturated rings. The van der Waals surface area contributed by atoms with E-state index in [1.807, 2.05) is 6.07 Å². The Morgan fingerprint density at radius 2 is 1.85 bits per heavy atom. The standard InChI is InChI=1S/C20H24ClN3O3/c1-26-18-11-17(19(27-2)10-15(18)21)24-20(25)16-9-8-14(12-22-16)23-13-6-4-3-5-7-13/h8-13,23H,3-7H2,1-2H3,(H,24,25). The summed E-state index contributed by atoms with van der Waals surface area (Å²) in [5, 5.41) is 6.69. The maximum Gasteiger partial charge on any atom is 0.274 e. The zero-order valence-corrected chi connectivity index (χ0v) is 16.3. The molecular weight excluding hydrogens is 366 g/mol. The molecule has 0 saturated heterocycles. The molecule has 7 heteroatoms. The summed E-state index contributed by atoms with van der Waals surface area (Å²) in [6.07, 6.45) is 7.90.